The van der Waals surface area contributed by atoms with Gasteiger partial charge in [0.05, 0.1) is 17.9 Å². The lowest BCUT2D eigenvalue weighted by atomic mass is 10.1. The van der Waals surface area contributed by atoms with Crippen LogP contribution in [-0.2, 0) is 7.05 Å². The van der Waals surface area contributed by atoms with E-state index >= 15 is 0 Å². The van der Waals surface area contributed by atoms with Gasteiger partial charge in [-0.3, -0.25) is 9.59 Å². The van der Waals surface area contributed by atoms with Crippen LogP contribution in [0.15, 0.2) is 41.2 Å². The third kappa shape index (κ3) is 3.05. The predicted molar refractivity (Wildman–Crippen MR) is 82.9 cm³/mol. The van der Waals surface area contributed by atoms with Gasteiger partial charge in [-0.05, 0) is 37.6 Å². The first-order chi connectivity index (χ1) is 10.1. The van der Waals surface area contributed by atoms with Crippen LogP contribution in [0.1, 0.15) is 30.6 Å². The van der Waals surface area contributed by atoms with Crippen LogP contribution >= 0.6 is 0 Å². The molecule has 0 saturated carbocycles. The number of rotatable bonds is 5. The molecule has 0 amide bonds. The summed E-state index contributed by atoms with van der Waals surface area (Å²) in [6.07, 6.45) is 0.913. The molecule has 110 valence electrons. The Kier molecular flexibility index (Phi) is 4.58. The van der Waals surface area contributed by atoms with Gasteiger partial charge in [0.2, 0.25) is 0 Å². The third-order valence-electron chi connectivity index (χ3n) is 3.31. The van der Waals surface area contributed by atoms with Crippen LogP contribution in [0, 0.1) is 0 Å². The Bertz CT molecular complexity index is 716. The van der Waals surface area contributed by atoms with E-state index in [0.717, 1.165) is 23.4 Å². The Balaban J connectivity index is 2.55. The maximum atomic E-state index is 12.2. The molecule has 0 radical (unpaired) electrons. The van der Waals surface area contributed by atoms with E-state index in [0.29, 0.717) is 6.61 Å². The van der Waals surface area contributed by atoms with E-state index in [9.17, 15) is 9.59 Å². The van der Waals surface area contributed by atoms with Crippen molar-refractivity contribution in [3.05, 3.63) is 52.3 Å². The molecule has 4 heteroatoms. The van der Waals surface area contributed by atoms with E-state index < -0.39 is 0 Å². The fraction of sp³-hybridized carbons (Fsp3) is 0.294. The van der Waals surface area contributed by atoms with Gasteiger partial charge >= 0.3 is 0 Å². The Morgan fingerprint density at radius 1 is 1.19 bits per heavy atom. The van der Waals surface area contributed by atoms with Crippen LogP contribution in [-0.4, -0.2) is 17.0 Å². The van der Waals surface area contributed by atoms with Crippen LogP contribution < -0.4 is 10.3 Å². The van der Waals surface area contributed by atoms with Crippen molar-refractivity contribution in [2.45, 2.75) is 20.3 Å². The summed E-state index contributed by atoms with van der Waals surface area (Å²) in [5, 5.41) is 0. The molecule has 0 bridgehead atoms. The molecule has 0 N–H and O–H groups in total. The number of benzene rings is 1. The van der Waals surface area contributed by atoms with E-state index in [-0.39, 0.29) is 16.9 Å². The second-order valence-electron chi connectivity index (χ2n) is 4.90. The Morgan fingerprint density at radius 2 is 1.90 bits per heavy atom. The molecule has 0 spiro atoms. The highest BCUT2D eigenvalue weighted by Gasteiger charge is 2.13. The summed E-state index contributed by atoms with van der Waals surface area (Å²) in [6, 6.07) is 11.0. The zero-order valence-electron chi connectivity index (χ0n) is 12.6. The molecule has 0 atom stereocenters. The standard InChI is InChI=1S/C17H19NO3/c1-4-11-21-16-8-6-5-7-14(16)15-10-9-13(12(2)19)17(20)18(15)3/h5-10H,4,11H2,1-3H3. The van der Waals surface area contributed by atoms with Crippen molar-refractivity contribution in [3.63, 3.8) is 0 Å². The zero-order chi connectivity index (χ0) is 15.4. The lowest BCUT2D eigenvalue weighted by molar-refractivity contribution is 0.101. The largest absolute Gasteiger partial charge is 0.493 e. The molecule has 21 heavy (non-hydrogen) atoms. The second-order valence-corrected chi connectivity index (χ2v) is 4.90. The molecular formula is C17H19NO3. The van der Waals surface area contributed by atoms with E-state index in [1.165, 1.54) is 11.5 Å². The Morgan fingerprint density at radius 3 is 2.57 bits per heavy atom. The summed E-state index contributed by atoms with van der Waals surface area (Å²) >= 11 is 0. The molecule has 4 nitrogen and oxygen atoms in total. The molecule has 2 rings (SSSR count). The van der Waals surface area contributed by atoms with Gasteiger partial charge in [-0.25, -0.2) is 0 Å². The third-order valence-corrected chi connectivity index (χ3v) is 3.31. The van der Waals surface area contributed by atoms with E-state index in [4.69, 9.17) is 4.74 Å². The lowest BCUT2D eigenvalue weighted by Gasteiger charge is -2.14. The van der Waals surface area contributed by atoms with E-state index in [2.05, 4.69) is 0 Å². The van der Waals surface area contributed by atoms with Crippen molar-refractivity contribution >= 4 is 5.78 Å². The minimum Gasteiger partial charge on any atom is -0.493 e. The summed E-state index contributed by atoms with van der Waals surface area (Å²) in [5.41, 5.74) is 1.50. The van der Waals surface area contributed by atoms with Crippen molar-refractivity contribution < 1.29 is 9.53 Å². The number of hydrogen-bond donors (Lipinski definition) is 0. The summed E-state index contributed by atoms with van der Waals surface area (Å²) in [5.74, 6) is 0.516. The van der Waals surface area contributed by atoms with Crippen molar-refractivity contribution in [2.75, 3.05) is 6.61 Å². The number of pyridine rings is 1. The number of Topliss-reactive ketones (excluding diaryl/α,β-unsaturated/α-hetero) is 1. The van der Waals surface area contributed by atoms with Gasteiger partial charge in [-0.1, -0.05) is 19.1 Å². The molecule has 0 unspecified atom stereocenters. The molecule has 0 aliphatic rings. The van der Waals surface area contributed by atoms with Gasteiger partial charge in [0.25, 0.3) is 5.56 Å². The average molecular weight is 285 g/mol. The Labute approximate surface area is 124 Å². The van der Waals surface area contributed by atoms with Gasteiger partial charge in [0.15, 0.2) is 5.78 Å². The summed E-state index contributed by atoms with van der Waals surface area (Å²) in [6.45, 7) is 4.06. The monoisotopic (exact) mass is 285 g/mol. The molecule has 0 fully saturated rings. The maximum absolute atomic E-state index is 12.2. The van der Waals surface area contributed by atoms with Crippen LogP contribution in [0.5, 0.6) is 5.75 Å². The van der Waals surface area contributed by atoms with Gasteiger partial charge in [0.1, 0.15) is 5.75 Å². The number of ketones is 1. The number of nitrogens with zero attached hydrogens (tertiary/aromatic N) is 1. The second kappa shape index (κ2) is 6.39. The number of para-hydroxylation sites is 1. The number of carbonyl (C=O) groups excluding carboxylic acids is 1. The summed E-state index contributed by atoms with van der Waals surface area (Å²) < 4.78 is 7.22. The summed E-state index contributed by atoms with van der Waals surface area (Å²) in [4.78, 5) is 23.7. The minimum atomic E-state index is -0.287. The van der Waals surface area contributed by atoms with Crippen LogP contribution in [0.3, 0.4) is 0 Å². The SMILES string of the molecule is CCCOc1ccccc1-c1ccc(C(C)=O)c(=O)n1C. The number of carbonyl (C=O) groups is 1. The highest BCUT2D eigenvalue weighted by molar-refractivity contribution is 5.94. The lowest BCUT2D eigenvalue weighted by Crippen LogP contribution is -2.24. The molecule has 1 aromatic carbocycles. The van der Waals surface area contributed by atoms with E-state index in [1.54, 1.807) is 19.2 Å². The highest BCUT2D eigenvalue weighted by atomic mass is 16.5. The molecule has 1 aromatic heterocycles. The minimum absolute atomic E-state index is 0.202. The fourth-order valence-electron chi connectivity index (χ4n) is 2.19. The number of aromatic nitrogens is 1. The van der Waals surface area contributed by atoms with Crippen molar-refractivity contribution in [1.82, 2.24) is 4.57 Å². The van der Waals surface area contributed by atoms with Crippen molar-refractivity contribution in [1.29, 1.82) is 0 Å². The molecular weight excluding hydrogens is 266 g/mol. The quantitative estimate of drug-likeness (QED) is 0.793. The van der Waals surface area contributed by atoms with Crippen LogP contribution in [0.2, 0.25) is 0 Å². The van der Waals surface area contributed by atoms with Gasteiger partial charge in [-0.15, -0.1) is 0 Å². The molecule has 0 aliphatic carbocycles. The zero-order valence-corrected chi connectivity index (χ0v) is 12.6. The molecule has 1 heterocycles. The smallest absolute Gasteiger partial charge is 0.261 e. The maximum Gasteiger partial charge on any atom is 0.261 e. The van der Waals surface area contributed by atoms with E-state index in [1.807, 2.05) is 31.2 Å². The first-order valence-electron chi connectivity index (χ1n) is 6.99. The predicted octanol–water partition coefficient (Wildman–Crippen LogP) is 3.04. The number of hydrogen-bond acceptors (Lipinski definition) is 3. The van der Waals surface area contributed by atoms with Crippen molar-refractivity contribution in [3.8, 4) is 17.0 Å². The number of ether oxygens (including phenoxy) is 1. The average Bonchev–Trinajstić information content (AvgIpc) is 2.48. The van der Waals surface area contributed by atoms with Crippen LogP contribution in [0.25, 0.3) is 11.3 Å². The van der Waals surface area contributed by atoms with Gasteiger partial charge in [-0.2, -0.15) is 0 Å². The summed E-state index contributed by atoms with van der Waals surface area (Å²) in [7, 11) is 1.67. The fourth-order valence-corrected chi connectivity index (χ4v) is 2.19. The molecule has 0 aliphatic heterocycles. The first kappa shape index (κ1) is 15.0. The van der Waals surface area contributed by atoms with Gasteiger partial charge < -0.3 is 9.30 Å². The van der Waals surface area contributed by atoms with Gasteiger partial charge in [0, 0.05) is 12.6 Å². The molecule has 2 aromatic rings. The van der Waals surface area contributed by atoms with Crippen molar-refractivity contribution in [2.24, 2.45) is 7.05 Å². The first-order valence-corrected chi connectivity index (χ1v) is 6.99. The highest BCUT2D eigenvalue weighted by Crippen LogP contribution is 2.29. The normalized spacial score (nSPS) is 10.4. The van der Waals surface area contributed by atoms with Crippen LogP contribution in [0.4, 0.5) is 0 Å². The Hall–Kier alpha value is -2.36. The topological polar surface area (TPSA) is 48.3 Å². The molecule has 0 saturated heterocycles.